The van der Waals surface area contributed by atoms with E-state index in [0.717, 1.165) is 32.0 Å². The fraction of sp³-hybridized carbons (Fsp3) is 0.500. The Labute approximate surface area is 207 Å². The van der Waals surface area contributed by atoms with Crippen molar-refractivity contribution in [3.8, 4) is 5.75 Å². The number of rotatable bonds is 8. The second kappa shape index (κ2) is 11.5. The van der Waals surface area contributed by atoms with Crippen molar-refractivity contribution in [2.75, 3.05) is 38.7 Å². The van der Waals surface area contributed by atoms with Crippen molar-refractivity contribution in [2.45, 2.75) is 50.8 Å². The Morgan fingerprint density at radius 3 is 2.53 bits per heavy atom. The summed E-state index contributed by atoms with van der Waals surface area (Å²) < 4.78 is 67.0. The van der Waals surface area contributed by atoms with Crippen LogP contribution in [0.3, 0.4) is 0 Å². The van der Waals surface area contributed by atoms with E-state index < -0.39 is 35.6 Å². The van der Waals surface area contributed by atoms with Gasteiger partial charge in [-0.1, -0.05) is 18.2 Å². The maximum atomic E-state index is 15.0. The fourth-order valence-corrected chi connectivity index (χ4v) is 4.53. The zero-order valence-corrected chi connectivity index (χ0v) is 20.3. The van der Waals surface area contributed by atoms with Crippen LogP contribution in [0.4, 0.5) is 23.2 Å². The van der Waals surface area contributed by atoms with Crippen LogP contribution in [0, 0.1) is 11.6 Å². The number of piperidine rings is 1. The molecule has 2 saturated heterocycles. The molecule has 0 unspecified atom stereocenters. The van der Waals surface area contributed by atoms with E-state index in [1.54, 1.807) is 0 Å². The minimum atomic E-state index is -2.98. The van der Waals surface area contributed by atoms with Gasteiger partial charge in [0.05, 0.1) is 36.1 Å². The van der Waals surface area contributed by atoms with Gasteiger partial charge in [0, 0.05) is 24.1 Å². The van der Waals surface area contributed by atoms with E-state index in [2.05, 4.69) is 15.5 Å². The van der Waals surface area contributed by atoms with E-state index in [4.69, 9.17) is 9.47 Å². The van der Waals surface area contributed by atoms with Crippen molar-refractivity contribution in [2.24, 2.45) is 0 Å². The molecule has 2 aliphatic rings. The highest BCUT2D eigenvalue weighted by atomic mass is 19.3. The lowest BCUT2D eigenvalue weighted by molar-refractivity contribution is 0.0938. The Kier molecular flexibility index (Phi) is 8.35. The number of hydrogen-bond acceptors (Lipinski definition) is 5. The van der Waals surface area contributed by atoms with Gasteiger partial charge >= 0.3 is 0 Å². The molecule has 196 valence electrons. The number of amides is 1. The van der Waals surface area contributed by atoms with E-state index >= 15 is 0 Å². The van der Waals surface area contributed by atoms with E-state index in [0.29, 0.717) is 25.3 Å². The van der Waals surface area contributed by atoms with E-state index in [1.807, 2.05) is 7.05 Å². The Morgan fingerprint density at radius 2 is 1.86 bits per heavy atom. The van der Waals surface area contributed by atoms with Crippen LogP contribution in [0.15, 0.2) is 30.3 Å². The minimum absolute atomic E-state index is 0.0414. The third-order valence-electron chi connectivity index (χ3n) is 6.68. The first-order valence-corrected chi connectivity index (χ1v) is 12.1. The summed E-state index contributed by atoms with van der Waals surface area (Å²) in [6, 6.07) is 5.38. The number of ether oxygens (including phenoxy) is 2. The summed E-state index contributed by atoms with van der Waals surface area (Å²) >= 11 is 0. The second-order valence-electron chi connectivity index (χ2n) is 9.40. The maximum Gasteiger partial charge on any atom is 0.266 e. The molecule has 2 fully saturated rings. The third-order valence-corrected chi connectivity index (χ3v) is 6.68. The first-order chi connectivity index (χ1) is 17.2. The maximum absolute atomic E-state index is 15.0. The molecule has 2 aromatic rings. The number of carbonyl (C=O) groups is 1. The zero-order chi connectivity index (χ0) is 25.8. The standard InChI is InChI=1S/C26H31F4N3O3/c1-15(18-4-3-5-19(24(18)28)25(29)30)31-26(34)20-12-23(36-17-8-11-35-14-17)21(27)13-22(20)32-16-6-9-33(2)10-7-16/h3-5,12-13,15-17,25,32H,6-11,14H2,1-2H3,(H,31,34)/t15-,17-/m1/s1. The molecule has 10 heteroatoms. The Bertz CT molecular complexity index is 1070. The molecule has 0 saturated carbocycles. The van der Waals surface area contributed by atoms with E-state index in [1.165, 1.54) is 31.2 Å². The molecular weight excluding hydrogens is 478 g/mol. The number of carbonyl (C=O) groups excluding carboxylic acids is 1. The number of nitrogens with zero attached hydrogens (tertiary/aromatic N) is 1. The normalized spacial score (nSPS) is 19.9. The summed E-state index contributed by atoms with van der Waals surface area (Å²) in [5.74, 6) is -2.36. The smallest absolute Gasteiger partial charge is 0.266 e. The van der Waals surface area contributed by atoms with Gasteiger partial charge in [0.1, 0.15) is 11.9 Å². The first kappa shape index (κ1) is 26.2. The van der Waals surface area contributed by atoms with Gasteiger partial charge < -0.3 is 25.0 Å². The lowest BCUT2D eigenvalue weighted by Gasteiger charge is -2.31. The van der Waals surface area contributed by atoms with E-state index in [-0.39, 0.29) is 29.0 Å². The number of benzene rings is 2. The first-order valence-electron chi connectivity index (χ1n) is 12.1. The molecule has 2 atom stereocenters. The SMILES string of the molecule is C[C@@H](NC(=O)c1cc(O[C@@H]2CCOC2)c(F)cc1NC1CCN(C)CC1)c1cccc(C(F)F)c1F. The van der Waals surface area contributed by atoms with Gasteiger partial charge in [-0.15, -0.1) is 0 Å². The summed E-state index contributed by atoms with van der Waals surface area (Å²) in [5.41, 5.74) is -0.368. The Morgan fingerprint density at radius 1 is 1.14 bits per heavy atom. The van der Waals surface area contributed by atoms with Gasteiger partial charge in [0.15, 0.2) is 11.6 Å². The van der Waals surface area contributed by atoms with Crippen LogP contribution in [0.1, 0.15) is 60.1 Å². The molecule has 2 aromatic carbocycles. The molecule has 0 aliphatic carbocycles. The number of anilines is 1. The molecule has 4 rings (SSSR count). The average Bonchev–Trinajstić information content (AvgIpc) is 3.35. The predicted molar refractivity (Wildman–Crippen MR) is 128 cm³/mol. The van der Waals surface area contributed by atoms with Crippen LogP contribution in [0.2, 0.25) is 0 Å². The molecule has 0 aromatic heterocycles. The Balaban J connectivity index is 1.60. The molecular formula is C26H31F4N3O3. The fourth-order valence-electron chi connectivity index (χ4n) is 4.53. The summed E-state index contributed by atoms with van der Waals surface area (Å²) in [5, 5.41) is 5.95. The zero-order valence-electron chi connectivity index (χ0n) is 20.3. The molecule has 0 bridgehead atoms. The van der Waals surface area contributed by atoms with Gasteiger partial charge in [-0.3, -0.25) is 4.79 Å². The third kappa shape index (κ3) is 6.10. The number of nitrogens with one attached hydrogen (secondary N) is 2. The molecule has 36 heavy (non-hydrogen) atoms. The monoisotopic (exact) mass is 509 g/mol. The van der Waals surface area contributed by atoms with Gasteiger partial charge in [-0.2, -0.15) is 0 Å². The highest BCUT2D eigenvalue weighted by molar-refractivity contribution is 6.00. The highest BCUT2D eigenvalue weighted by Gasteiger charge is 2.26. The van der Waals surface area contributed by atoms with Crippen molar-refractivity contribution >= 4 is 11.6 Å². The van der Waals surface area contributed by atoms with Gasteiger partial charge in [-0.05, 0) is 46.0 Å². The van der Waals surface area contributed by atoms with Crippen LogP contribution in [0.25, 0.3) is 0 Å². The second-order valence-corrected chi connectivity index (χ2v) is 9.40. The molecule has 2 aliphatic heterocycles. The van der Waals surface area contributed by atoms with E-state index in [9.17, 15) is 22.4 Å². The molecule has 6 nitrogen and oxygen atoms in total. The molecule has 2 N–H and O–H groups in total. The number of hydrogen-bond donors (Lipinski definition) is 2. The molecule has 0 radical (unpaired) electrons. The lowest BCUT2D eigenvalue weighted by Crippen LogP contribution is -2.37. The van der Waals surface area contributed by atoms with Crippen LogP contribution in [0.5, 0.6) is 5.75 Å². The van der Waals surface area contributed by atoms with Crippen molar-refractivity contribution in [3.05, 3.63) is 58.7 Å². The number of likely N-dealkylation sites (tertiary alicyclic amines) is 1. The van der Waals surface area contributed by atoms with Crippen molar-refractivity contribution in [3.63, 3.8) is 0 Å². The highest BCUT2D eigenvalue weighted by Crippen LogP contribution is 2.31. The predicted octanol–water partition coefficient (Wildman–Crippen LogP) is 5.07. The number of halogens is 4. The summed E-state index contributed by atoms with van der Waals surface area (Å²) in [4.78, 5) is 15.5. The van der Waals surface area contributed by atoms with Crippen LogP contribution in [-0.2, 0) is 4.74 Å². The van der Waals surface area contributed by atoms with Crippen LogP contribution in [-0.4, -0.2) is 56.3 Å². The van der Waals surface area contributed by atoms with Crippen molar-refractivity contribution < 1.29 is 31.8 Å². The molecule has 0 spiro atoms. The van der Waals surface area contributed by atoms with Crippen molar-refractivity contribution in [1.29, 1.82) is 0 Å². The van der Waals surface area contributed by atoms with Gasteiger partial charge in [0.25, 0.3) is 12.3 Å². The Hall–Kier alpha value is -2.85. The molecule has 1 amide bonds. The number of alkyl halides is 2. The summed E-state index contributed by atoms with van der Waals surface area (Å²) in [7, 11) is 2.02. The summed E-state index contributed by atoms with van der Waals surface area (Å²) in [6.07, 6.45) is -1.06. The molecule has 2 heterocycles. The lowest BCUT2D eigenvalue weighted by atomic mass is 10.0. The van der Waals surface area contributed by atoms with Gasteiger partial charge in [0.2, 0.25) is 0 Å². The summed E-state index contributed by atoms with van der Waals surface area (Å²) in [6.45, 7) is 4.07. The topological polar surface area (TPSA) is 62.8 Å². The quantitative estimate of drug-likeness (QED) is 0.487. The largest absolute Gasteiger partial charge is 0.485 e. The van der Waals surface area contributed by atoms with Crippen LogP contribution < -0.4 is 15.4 Å². The average molecular weight is 510 g/mol. The van der Waals surface area contributed by atoms with Gasteiger partial charge in [-0.25, -0.2) is 17.6 Å². The van der Waals surface area contributed by atoms with Crippen LogP contribution >= 0.6 is 0 Å². The minimum Gasteiger partial charge on any atom is -0.485 e. The van der Waals surface area contributed by atoms with Crippen molar-refractivity contribution in [1.82, 2.24) is 10.2 Å².